The van der Waals surface area contributed by atoms with Gasteiger partial charge in [0.05, 0.1) is 22.2 Å². The normalized spacial score (nSPS) is 11.6. The van der Waals surface area contributed by atoms with Gasteiger partial charge in [-0.3, -0.25) is 4.79 Å². The third kappa shape index (κ3) is 5.83. The zero-order valence-corrected chi connectivity index (χ0v) is 18.5. The molecule has 0 radical (unpaired) electrons. The standard InChI is InChI=1S/C20H23Cl3O2Si/c1-4-5-10-26(2,3)25-13-14-11-17(22)19(18(23)12-14)20(24)15-6-8-16(21)9-7-15/h6-9,11-12H,4-5,10,13H2,1-3H3. The summed E-state index contributed by atoms with van der Waals surface area (Å²) < 4.78 is 6.15. The molecule has 0 fully saturated rings. The molecule has 0 spiro atoms. The molecule has 0 atom stereocenters. The van der Waals surface area contributed by atoms with Crippen LogP contribution in [0.15, 0.2) is 36.4 Å². The first-order valence-corrected chi connectivity index (χ1v) is 12.9. The van der Waals surface area contributed by atoms with E-state index >= 15 is 0 Å². The Labute approximate surface area is 171 Å². The zero-order chi connectivity index (χ0) is 19.3. The zero-order valence-electron chi connectivity index (χ0n) is 15.2. The van der Waals surface area contributed by atoms with E-state index in [4.69, 9.17) is 39.2 Å². The third-order valence-corrected chi connectivity index (χ3v) is 7.53. The first-order valence-electron chi connectivity index (χ1n) is 8.65. The predicted octanol–water partition coefficient (Wildman–Crippen LogP) is 7.40. The summed E-state index contributed by atoms with van der Waals surface area (Å²) in [6, 6.07) is 11.3. The Balaban J connectivity index is 2.17. The topological polar surface area (TPSA) is 26.3 Å². The smallest absolute Gasteiger partial charge is 0.196 e. The Kier molecular flexibility index (Phi) is 7.74. The molecule has 0 unspecified atom stereocenters. The summed E-state index contributed by atoms with van der Waals surface area (Å²) >= 11 is 18.6. The molecule has 0 amide bonds. The fourth-order valence-electron chi connectivity index (χ4n) is 2.62. The van der Waals surface area contributed by atoms with Crippen LogP contribution in [0.4, 0.5) is 0 Å². The van der Waals surface area contributed by atoms with Gasteiger partial charge in [-0.25, -0.2) is 0 Å². The highest BCUT2D eigenvalue weighted by atomic mass is 35.5. The molecule has 0 aliphatic carbocycles. The van der Waals surface area contributed by atoms with E-state index < -0.39 is 8.32 Å². The lowest BCUT2D eigenvalue weighted by Gasteiger charge is -2.23. The van der Waals surface area contributed by atoms with Crippen molar-refractivity contribution in [1.29, 1.82) is 0 Å². The molecule has 0 aromatic heterocycles. The van der Waals surface area contributed by atoms with Gasteiger partial charge in [0.2, 0.25) is 0 Å². The average molecular weight is 430 g/mol. The Morgan fingerprint density at radius 3 is 2.15 bits per heavy atom. The molecule has 2 rings (SSSR count). The van der Waals surface area contributed by atoms with Crippen LogP contribution in [-0.2, 0) is 11.0 Å². The van der Waals surface area contributed by atoms with Gasteiger partial charge in [0.25, 0.3) is 0 Å². The van der Waals surface area contributed by atoms with Gasteiger partial charge in [-0.05, 0) is 61.1 Å². The van der Waals surface area contributed by atoms with Gasteiger partial charge in [0.1, 0.15) is 0 Å². The van der Waals surface area contributed by atoms with Crippen LogP contribution in [0, 0.1) is 0 Å². The molecular weight excluding hydrogens is 407 g/mol. The van der Waals surface area contributed by atoms with Crippen LogP contribution < -0.4 is 0 Å². The van der Waals surface area contributed by atoms with Crippen LogP contribution in [-0.4, -0.2) is 14.1 Å². The maximum Gasteiger partial charge on any atom is 0.196 e. The van der Waals surface area contributed by atoms with Crippen molar-refractivity contribution in [2.75, 3.05) is 0 Å². The van der Waals surface area contributed by atoms with Gasteiger partial charge in [0, 0.05) is 10.6 Å². The number of benzene rings is 2. The van der Waals surface area contributed by atoms with Gasteiger partial charge in [0.15, 0.2) is 14.1 Å². The molecule has 2 nitrogen and oxygen atoms in total. The molecule has 0 aliphatic heterocycles. The molecule has 26 heavy (non-hydrogen) atoms. The third-order valence-electron chi connectivity index (χ3n) is 4.20. The highest BCUT2D eigenvalue weighted by molar-refractivity contribution is 6.71. The van der Waals surface area contributed by atoms with Crippen molar-refractivity contribution >= 4 is 48.9 Å². The number of halogens is 3. The fourth-order valence-corrected chi connectivity index (χ4v) is 5.36. The molecule has 0 aliphatic rings. The highest BCUT2D eigenvalue weighted by Gasteiger charge is 2.23. The summed E-state index contributed by atoms with van der Waals surface area (Å²) in [5.74, 6) is -0.221. The van der Waals surface area contributed by atoms with Crippen LogP contribution >= 0.6 is 34.8 Å². The van der Waals surface area contributed by atoms with Crippen LogP contribution in [0.3, 0.4) is 0 Å². The average Bonchev–Trinajstić information content (AvgIpc) is 2.58. The minimum absolute atomic E-state index is 0.221. The van der Waals surface area contributed by atoms with Crippen molar-refractivity contribution in [1.82, 2.24) is 0 Å². The van der Waals surface area contributed by atoms with Gasteiger partial charge in [-0.15, -0.1) is 0 Å². The van der Waals surface area contributed by atoms with Crippen LogP contribution in [0.25, 0.3) is 0 Å². The molecule has 0 heterocycles. The summed E-state index contributed by atoms with van der Waals surface area (Å²) in [4.78, 5) is 12.7. The van der Waals surface area contributed by atoms with Crippen molar-refractivity contribution in [3.63, 3.8) is 0 Å². The van der Waals surface area contributed by atoms with Gasteiger partial charge >= 0.3 is 0 Å². The fraction of sp³-hybridized carbons (Fsp3) is 0.350. The number of carbonyl (C=O) groups excluding carboxylic acids is 1. The Bertz CT molecular complexity index is 750. The lowest BCUT2D eigenvalue weighted by Crippen LogP contribution is -2.29. The number of rotatable bonds is 8. The molecule has 140 valence electrons. The van der Waals surface area contributed by atoms with Crippen molar-refractivity contribution in [2.24, 2.45) is 0 Å². The van der Waals surface area contributed by atoms with E-state index in [1.807, 2.05) is 0 Å². The lowest BCUT2D eigenvalue weighted by molar-refractivity contribution is 0.103. The van der Waals surface area contributed by atoms with Gasteiger partial charge in [-0.2, -0.15) is 0 Å². The number of ketones is 1. The van der Waals surface area contributed by atoms with Crippen LogP contribution in [0.2, 0.25) is 34.2 Å². The predicted molar refractivity (Wildman–Crippen MR) is 113 cm³/mol. The Morgan fingerprint density at radius 1 is 1.04 bits per heavy atom. The van der Waals surface area contributed by atoms with Crippen molar-refractivity contribution in [2.45, 2.75) is 45.5 Å². The first-order chi connectivity index (χ1) is 12.2. The minimum atomic E-state index is -1.70. The summed E-state index contributed by atoms with van der Waals surface area (Å²) in [7, 11) is -1.70. The number of hydrogen-bond acceptors (Lipinski definition) is 2. The number of carbonyl (C=O) groups is 1. The molecule has 0 N–H and O–H groups in total. The maximum absolute atomic E-state index is 12.7. The summed E-state index contributed by atoms with van der Waals surface area (Å²) in [6.07, 6.45) is 2.34. The summed E-state index contributed by atoms with van der Waals surface area (Å²) in [5.41, 5.74) is 1.68. The second-order valence-corrected chi connectivity index (χ2v) is 12.5. The van der Waals surface area contributed by atoms with E-state index in [-0.39, 0.29) is 5.78 Å². The minimum Gasteiger partial charge on any atom is -0.413 e. The van der Waals surface area contributed by atoms with Gasteiger partial charge < -0.3 is 4.43 Å². The first kappa shape index (κ1) is 21.5. The van der Waals surface area contributed by atoms with Crippen molar-refractivity contribution < 1.29 is 9.22 Å². The lowest BCUT2D eigenvalue weighted by atomic mass is 10.0. The summed E-state index contributed by atoms with van der Waals surface area (Å²) in [6.45, 7) is 7.06. The van der Waals surface area contributed by atoms with E-state index in [9.17, 15) is 4.79 Å². The maximum atomic E-state index is 12.7. The summed E-state index contributed by atoms with van der Waals surface area (Å²) in [5, 5.41) is 1.24. The molecule has 2 aromatic rings. The molecule has 0 bridgehead atoms. The van der Waals surface area contributed by atoms with Crippen LogP contribution in [0.5, 0.6) is 0 Å². The van der Waals surface area contributed by atoms with E-state index in [0.717, 1.165) is 11.6 Å². The van der Waals surface area contributed by atoms with Crippen LogP contribution in [0.1, 0.15) is 41.3 Å². The van der Waals surface area contributed by atoms with E-state index in [1.165, 1.54) is 12.8 Å². The quantitative estimate of drug-likeness (QED) is 0.323. The second kappa shape index (κ2) is 9.38. The van der Waals surface area contributed by atoms with E-state index in [1.54, 1.807) is 36.4 Å². The molecule has 2 aromatic carbocycles. The molecular formula is C20H23Cl3O2Si. The van der Waals surface area contributed by atoms with E-state index in [0.29, 0.717) is 32.8 Å². The van der Waals surface area contributed by atoms with Crippen molar-refractivity contribution in [3.05, 3.63) is 68.2 Å². The molecule has 0 saturated heterocycles. The molecule has 0 saturated carbocycles. The SMILES string of the molecule is CCCC[Si](C)(C)OCc1cc(Cl)c(C(=O)c2ccc(Cl)cc2)c(Cl)c1. The number of unbranched alkanes of at least 4 members (excludes halogenated alkanes) is 1. The Hall–Kier alpha value is -0.843. The van der Waals surface area contributed by atoms with Crippen molar-refractivity contribution in [3.8, 4) is 0 Å². The molecule has 6 heteroatoms. The Morgan fingerprint density at radius 2 is 1.62 bits per heavy atom. The monoisotopic (exact) mass is 428 g/mol. The highest BCUT2D eigenvalue weighted by Crippen LogP contribution is 2.30. The largest absolute Gasteiger partial charge is 0.413 e. The number of hydrogen-bond donors (Lipinski definition) is 0. The van der Waals surface area contributed by atoms with E-state index in [2.05, 4.69) is 20.0 Å². The second-order valence-electron chi connectivity index (χ2n) is 6.92. The van der Waals surface area contributed by atoms with Gasteiger partial charge in [-0.1, -0.05) is 54.6 Å².